The SMILES string of the molecule is Cc1nc(-c2ccc(C(=O)N3C[C@@H](O)C(O)[C@@H](O)C3)cc2)cs1. The minimum atomic E-state index is -1.21. The van der Waals surface area contributed by atoms with Gasteiger partial charge in [-0.3, -0.25) is 4.79 Å². The number of amides is 1. The van der Waals surface area contributed by atoms with Crippen LogP contribution in [0.2, 0.25) is 0 Å². The second kappa shape index (κ2) is 6.37. The largest absolute Gasteiger partial charge is 0.388 e. The van der Waals surface area contributed by atoms with Gasteiger partial charge >= 0.3 is 0 Å². The van der Waals surface area contributed by atoms with Crippen molar-refractivity contribution in [2.45, 2.75) is 25.2 Å². The maximum atomic E-state index is 12.5. The summed E-state index contributed by atoms with van der Waals surface area (Å²) in [5, 5.41) is 31.9. The summed E-state index contributed by atoms with van der Waals surface area (Å²) in [6.45, 7) is 1.95. The molecule has 1 aromatic heterocycles. The second-order valence-electron chi connectivity index (χ2n) is 5.66. The highest BCUT2D eigenvalue weighted by atomic mass is 32.1. The lowest BCUT2D eigenvalue weighted by molar-refractivity contribution is -0.101. The molecule has 3 N–H and O–H groups in total. The van der Waals surface area contributed by atoms with Gasteiger partial charge in [0.1, 0.15) is 18.3 Å². The first-order chi connectivity index (χ1) is 11.0. The number of nitrogens with zero attached hydrogens (tertiary/aromatic N) is 2. The summed E-state index contributed by atoms with van der Waals surface area (Å²) in [7, 11) is 0. The van der Waals surface area contributed by atoms with Crippen molar-refractivity contribution in [1.82, 2.24) is 9.88 Å². The number of benzene rings is 1. The first-order valence-electron chi connectivity index (χ1n) is 7.32. The summed E-state index contributed by atoms with van der Waals surface area (Å²) in [6.07, 6.45) is -3.49. The third-order valence-electron chi connectivity index (χ3n) is 3.94. The molecule has 1 saturated heterocycles. The van der Waals surface area contributed by atoms with E-state index in [9.17, 15) is 20.1 Å². The zero-order valence-electron chi connectivity index (χ0n) is 12.6. The Morgan fingerprint density at radius 1 is 1.17 bits per heavy atom. The van der Waals surface area contributed by atoms with Crippen molar-refractivity contribution in [3.63, 3.8) is 0 Å². The first-order valence-corrected chi connectivity index (χ1v) is 8.19. The molecule has 1 aliphatic rings. The summed E-state index contributed by atoms with van der Waals surface area (Å²) in [6, 6.07) is 7.06. The predicted molar refractivity (Wildman–Crippen MR) is 86.2 cm³/mol. The quantitative estimate of drug-likeness (QED) is 0.750. The van der Waals surface area contributed by atoms with Gasteiger partial charge in [0.15, 0.2) is 0 Å². The third-order valence-corrected chi connectivity index (χ3v) is 4.71. The van der Waals surface area contributed by atoms with Crippen LogP contribution in [0.4, 0.5) is 0 Å². The molecule has 0 radical (unpaired) electrons. The van der Waals surface area contributed by atoms with Crippen LogP contribution in [0.25, 0.3) is 11.3 Å². The number of aliphatic hydroxyl groups excluding tert-OH is 3. The van der Waals surface area contributed by atoms with E-state index in [1.807, 2.05) is 24.4 Å². The zero-order chi connectivity index (χ0) is 16.6. The number of thiazole rings is 1. The number of piperidine rings is 1. The minimum Gasteiger partial charge on any atom is -0.388 e. The standard InChI is InChI=1S/C16H18N2O4S/c1-9-17-12(8-23-9)10-2-4-11(5-3-10)16(22)18-6-13(19)15(21)14(20)7-18/h2-5,8,13-15,19-21H,6-7H2,1H3/t13-,14+,15?. The number of aromatic nitrogens is 1. The number of hydrogen-bond donors (Lipinski definition) is 3. The maximum Gasteiger partial charge on any atom is 0.254 e. The van der Waals surface area contributed by atoms with Gasteiger partial charge in [-0.05, 0) is 19.1 Å². The Morgan fingerprint density at radius 2 is 1.78 bits per heavy atom. The van der Waals surface area contributed by atoms with Crippen LogP contribution in [0.1, 0.15) is 15.4 Å². The smallest absolute Gasteiger partial charge is 0.254 e. The van der Waals surface area contributed by atoms with E-state index < -0.39 is 18.3 Å². The molecular formula is C16H18N2O4S. The number of rotatable bonds is 2. The van der Waals surface area contributed by atoms with Gasteiger partial charge in [-0.25, -0.2) is 4.98 Å². The van der Waals surface area contributed by atoms with Crippen LogP contribution in [0.15, 0.2) is 29.6 Å². The van der Waals surface area contributed by atoms with E-state index in [0.29, 0.717) is 5.56 Å². The number of likely N-dealkylation sites (tertiary alicyclic amines) is 1. The number of hydrogen-bond acceptors (Lipinski definition) is 6. The highest BCUT2D eigenvalue weighted by Crippen LogP contribution is 2.23. The number of carbonyl (C=O) groups excluding carboxylic acids is 1. The average Bonchev–Trinajstić information content (AvgIpc) is 2.98. The molecule has 7 heteroatoms. The van der Waals surface area contributed by atoms with Crippen LogP contribution in [0, 0.1) is 6.92 Å². The fourth-order valence-electron chi connectivity index (χ4n) is 2.63. The van der Waals surface area contributed by atoms with Crippen molar-refractivity contribution in [2.75, 3.05) is 13.1 Å². The summed E-state index contributed by atoms with van der Waals surface area (Å²) in [4.78, 5) is 18.2. The van der Waals surface area contributed by atoms with Crippen LogP contribution in [0.5, 0.6) is 0 Å². The summed E-state index contributed by atoms with van der Waals surface area (Å²) >= 11 is 1.57. The molecule has 23 heavy (non-hydrogen) atoms. The lowest BCUT2D eigenvalue weighted by Gasteiger charge is -2.36. The van der Waals surface area contributed by atoms with E-state index in [1.165, 1.54) is 4.90 Å². The monoisotopic (exact) mass is 334 g/mol. The molecule has 0 bridgehead atoms. The van der Waals surface area contributed by atoms with Crippen molar-refractivity contribution in [3.8, 4) is 11.3 Å². The molecule has 0 spiro atoms. The fraction of sp³-hybridized carbons (Fsp3) is 0.375. The highest BCUT2D eigenvalue weighted by Gasteiger charge is 2.35. The molecule has 122 valence electrons. The highest BCUT2D eigenvalue weighted by molar-refractivity contribution is 7.09. The van der Waals surface area contributed by atoms with Crippen molar-refractivity contribution in [1.29, 1.82) is 0 Å². The Labute approximate surface area is 137 Å². The third kappa shape index (κ3) is 3.28. The van der Waals surface area contributed by atoms with Crippen molar-refractivity contribution in [3.05, 3.63) is 40.2 Å². The lowest BCUT2D eigenvalue weighted by atomic mass is 10.0. The molecule has 2 heterocycles. The Morgan fingerprint density at radius 3 is 2.30 bits per heavy atom. The van der Waals surface area contributed by atoms with Gasteiger partial charge in [-0.1, -0.05) is 12.1 Å². The van der Waals surface area contributed by atoms with Gasteiger partial charge in [0.25, 0.3) is 5.91 Å². The van der Waals surface area contributed by atoms with Gasteiger partial charge in [0.2, 0.25) is 0 Å². The predicted octanol–water partition coefficient (Wildman–Crippen LogP) is 0.657. The molecule has 0 saturated carbocycles. The molecule has 1 fully saturated rings. The molecule has 1 amide bonds. The van der Waals surface area contributed by atoms with E-state index in [4.69, 9.17) is 0 Å². The lowest BCUT2D eigenvalue weighted by Crippen LogP contribution is -2.56. The number of aryl methyl sites for hydroxylation is 1. The molecule has 3 atom stereocenters. The fourth-order valence-corrected chi connectivity index (χ4v) is 3.25. The normalized spacial score (nSPS) is 24.7. The van der Waals surface area contributed by atoms with Gasteiger partial charge in [-0.15, -0.1) is 11.3 Å². The van der Waals surface area contributed by atoms with Crippen LogP contribution < -0.4 is 0 Å². The summed E-state index contributed by atoms with van der Waals surface area (Å²) in [5.41, 5.74) is 2.27. The van der Waals surface area contributed by atoms with Gasteiger partial charge in [0.05, 0.1) is 10.7 Å². The van der Waals surface area contributed by atoms with Crippen molar-refractivity contribution in [2.24, 2.45) is 0 Å². The summed E-state index contributed by atoms with van der Waals surface area (Å²) < 4.78 is 0. The van der Waals surface area contributed by atoms with Crippen LogP contribution in [0.3, 0.4) is 0 Å². The number of β-amino-alcohol motifs (C(OH)–C–C–N with tert-alkyl or cyclic N) is 2. The van der Waals surface area contributed by atoms with Gasteiger partial charge in [0, 0.05) is 29.6 Å². The Bertz CT molecular complexity index is 688. The molecular weight excluding hydrogens is 316 g/mol. The van der Waals surface area contributed by atoms with Crippen LogP contribution in [-0.2, 0) is 0 Å². The molecule has 1 aromatic carbocycles. The van der Waals surface area contributed by atoms with Crippen LogP contribution >= 0.6 is 11.3 Å². The number of aliphatic hydroxyl groups is 3. The second-order valence-corrected chi connectivity index (χ2v) is 6.73. The van der Waals surface area contributed by atoms with Crippen molar-refractivity contribution < 1.29 is 20.1 Å². The van der Waals surface area contributed by atoms with Gasteiger partial charge in [-0.2, -0.15) is 0 Å². The molecule has 0 aliphatic carbocycles. The Balaban J connectivity index is 1.75. The van der Waals surface area contributed by atoms with E-state index >= 15 is 0 Å². The average molecular weight is 334 g/mol. The minimum absolute atomic E-state index is 0.00406. The van der Waals surface area contributed by atoms with E-state index in [2.05, 4.69) is 4.98 Å². The topological polar surface area (TPSA) is 93.9 Å². The number of carbonyl (C=O) groups is 1. The zero-order valence-corrected chi connectivity index (χ0v) is 13.4. The molecule has 2 aromatic rings. The van der Waals surface area contributed by atoms with E-state index in [-0.39, 0.29) is 19.0 Å². The van der Waals surface area contributed by atoms with Gasteiger partial charge < -0.3 is 20.2 Å². The molecule has 1 unspecified atom stereocenters. The van der Waals surface area contributed by atoms with E-state index in [0.717, 1.165) is 16.3 Å². The molecule has 6 nitrogen and oxygen atoms in total. The van der Waals surface area contributed by atoms with E-state index in [1.54, 1.807) is 23.5 Å². The van der Waals surface area contributed by atoms with Crippen LogP contribution in [-0.4, -0.2) is 62.5 Å². The first kappa shape index (κ1) is 16.1. The molecule has 3 rings (SSSR count). The molecule has 1 aliphatic heterocycles. The van der Waals surface area contributed by atoms with Crippen molar-refractivity contribution >= 4 is 17.2 Å². The Kier molecular flexibility index (Phi) is 4.45. The maximum absolute atomic E-state index is 12.5. The Hall–Kier alpha value is -1.80. The summed E-state index contributed by atoms with van der Waals surface area (Å²) in [5.74, 6) is -0.281.